The summed E-state index contributed by atoms with van der Waals surface area (Å²) in [5.74, 6) is 0. The van der Waals surface area contributed by atoms with E-state index in [9.17, 15) is 0 Å². The van der Waals surface area contributed by atoms with Crippen LogP contribution in [0, 0.1) is 13.8 Å². The molecule has 0 saturated heterocycles. The van der Waals surface area contributed by atoms with Crippen molar-refractivity contribution in [3.05, 3.63) is 221 Å². The minimum atomic E-state index is -3.27. The van der Waals surface area contributed by atoms with Gasteiger partial charge in [-0.2, -0.15) is 0 Å². The van der Waals surface area contributed by atoms with Crippen LogP contribution in [0.5, 0.6) is 0 Å². The summed E-state index contributed by atoms with van der Waals surface area (Å²) in [6.45, 7) is 4.30. The van der Waals surface area contributed by atoms with E-state index >= 15 is 4.57 Å². The molecule has 0 aliphatic heterocycles. The predicted octanol–water partition coefficient (Wildman–Crippen LogP) is 11.8. The third-order valence-electron chi connectivity index (χ3n) is 11.6. The van der Waals surface area contributed by atoms with Gasteiger partial charge in [0.25, 0.3) is 0 Å². The maximum absolute atomic E-state index is 15.9. The lowest BCUT2D eigenvalue weighted by molar-refractivity contribution is 0.592. The molecule has 10 rings (SSSR count). The van der Waals surface area contributed by atoms with Gasteiger partial charge in [0.15, 0.2) is 7.14 Å². The molecule has 0 unspecified atom stereocenters. The molecule has 0 radical (unpaired) electrons. The van der Waals surface area contributed by atoms with Crippen molar-refractivity contribution in [1.82, 2.24) is 0 Å². The third-order valence-corrected chi connectivity index (χ3v) is 14.6. The van der Waals surface area contributed by atoms with E-state index in [0.717, 1.165) is 21.5 Å². The molecule has 0 fully saturated rings. The topological polar surface area (TPSA) is 17.1 Å². The van der Waals surface area contributed by atoms with Crippen LogP contribution in [0.25, 0.3) is 43.4 Å². The smallest absolute Gasteiger partial charge is 0.171 e. The predicted molar refractivity (Wildman–Crippen MR) is 225 cm³/mol. The third kappa shape index (κ3) is 4.61. The highest BCUT2D eigenvalue weighted by Crippen LogP contribution is 2.58. The molecule has 0 amide bonds. The van der Waals surface area contributed by atoms with Crippen LogP contribution in [-0.2, 0) is 9.98 Å². The second kappa shape index (κ2) is 12.0. The lowest BCUT2D eigenvalue weighted by Crippen LogP contribution is -2.31. The van der Waals surface area contributed by atoms with Gasteiger partial charge in [-0.3, -0.25) is 0 Å². The normalized spacial score (nSPS) is 13.3. The van der Waals surface area contributed by atoms with E-state index < -0.39 is 12.6 Å². The first-order valence-corrected chi connectivity index (χ1v) is 20.1. The van der Waals surface area contributed by atoms with Crippen LogP contribution < -0.4 is 15.9 Å². The van der Waals surface area contributed by atoms with Gasteiger partial charge in [-0.05, 0) is 97.7 Å². The summed E-state index contributed by atoms with van der Waals surface area (Å²) < 4.78 is 15.9. The van der Waals surface area contributed by atoms with Crippen molar-refractivity contribution in [2.75, 3.05) is 0 Å². The van der Waals surface area contributed by atoms with Crippen molar-refractivity contribution < 1.29 is 4.57 Å². The van der Waals surface area contributed by atoms with Crippen LogP contribution in [-0.4, -0.2) is 0 Å². The first kappa shape index (κ1) is 31.7. The Hall–Kier alpha value is -6.01. The fraction of sp³-hybridized carbons (Fsp3) is 0.0588. The molecule has 9 aromatic carbocycles. The van der Waals surface area contributed by atoms with E-state index in [1.807, 2.05) is 60.7 Å². The van der Waals surface area contributed by atoms with Gasteiger partial charge in [0.2, 0.25) is 0 Å². The van der Waals surface area contributed by atoms with Crippen molar-refractivity contribution in [3.63, 3.8) is 0 Å². The number of hydrogen-bond acceptors (Lipinski definition) is 1. The lowest BCUT2D eigenvalue weighted by atomic mass is 9.67. The molecule has 0 bridgehead atoms. The zero-order chi connectivity index (χ0) is 35.7. The summed E-state index contributed by atoms with van der Waals surface area (Å²) in [5, 5.41) is 10.0. The first-order valence-electron chi connectivity index (χ1n) is 18.4. The van der Waals surface area contributed by atoms with Gasteiger partial charge in [-0.1, -0.05) is 181 Å². The fourth-order valence-corrected chi connectivity index (χ4v) is 11.7. The largest absolute Gasteiger partial charge is 0.309 e. The van der Waals surface area contributed by atoms with Crippen LogP contribution >= 0.6 is 7.14 Å². The van der Waals surface area contributed by atoms with Gasteiger partial charge < -0.3 is 4.57 Å². The van der Waals surface area contributed by atoms with Gasteiger partial charge in [-0.25, -0.2) is 0 Å². The molecule has 1 aliphatic carbocycles. The molecular formula is C51H37OP. The average Bonchev–Trinajstić information content (AvgIpc) is 3.50. The Balaban J connectivity index is 1.38. The Bertz CT molecular complexity index is 2820. The number of fused-ring (bicyclic) bond motifs is 9. The van der Waals surface area contributed by atoms with Crippen LogP contribution in [0.15, 0.2) is 188 Å². The Morgan fingerprint density at radius 1 is 0.358 bits per heavy atom. The maximum atomic E-state index is 15.9. The van der Waals surface area contributed by atoms with Crippen LogP contribution in [0.2, 0.25) is 0 Å². The minimum absolute atomic E-state index is 0.665. The summed E-state index contributed by atoms with van der Waals surface area (Å²) in [6.07, 6.45) is 0. The van der Waals surface area contributed by atoms with Crippen molar-refractivity contribution in [3.8, 4) is 11.1 Å². The second-order valence-electron chi connectivity index (χ2n) is 14.5. The Labute approximate surface area is 310 Å². The molecule has 0 spiro atoms. The van der Waals surface area contributed by atoms with Crippen molar-refractivity contribution in [1.29, 1.82) is 0 Å². The SMILES string of the molecule is Cc1ccc(C2(c3ccc(C)cc3)c3cc(P(=O)(c4ccccc4)c4ccccc4)ccc3-c3cc4c5ccccc5c5ccccc5c4cc32)cc1. The molecule has 1 aliphatic rings. The van der Waals surface area contributed by atoms with Crippen LogP contribution in [0.1, 0.15) is 33.4 Å². The molecule has 0 atom stereocenters. The highest BCUT2D eigenvalue weighted by molar-refractivity contribution is 7.85. The van der Waals surface area contributed by atoms with E-state index in [1.165, 1.54) is 71.3 Å². The zero-order valence-corrected chi connectivity index (χ0v) is 30.6. The molecule has 1 nitrogen and oxygen atoms in total. The highest BCUT2D eigenvalue weighted by Gasteiger charge is 2.47. The summed E-state index contributed by atoms with van der Waals surface area (Å²) in [4.78, 5) is 0. The molecule has 0 heterocycles. The molecule has 0 saturated carbocycles. The quantitative estimate of drug-likeness (QED) is 0.129. The summed E-state index contributed by atoms with van der Waals surface area (Å²) in [5.41, 5.74) is 8.97. The minimum Gasteiger partial charge on any atom is -0.309 e. The monoisotopic (exact) mass is 696 g/mol. The van der Waals surface area contributed by atoms with Crippen LogP contribution in [0.4, 0.5) is 0 Å². The lowest BCUT2D eigenvalue weighted by Gasteiger charge is -2.35. The molecule has 0 aromatic heterocycles. The van der Waals surface area contributed by atoms with E-state index in [4.69, 9.17) is 0 Å². The van der Waals surface area contributed by atoms with Crippen molar-refractivity contribution in [2.24, 2.45) is 0 Å². The van der Waals surface area contributed by atoms with Gasteiger partial charge in [0.05, 0.1) is 5.41 Å². The zero-order valence-electron chi connectivity index (χ0n) is 29.8. The first-order chi connectivity index (χ1) is 26.0. The Morgan fingerprint density at radius 3 is 1.26 bits per heavy atom. The Kier molecular flexibility index (Phi) is 7.19. The summed E-state index contributed by atoms with van der Waals surface area (Å²) in [6, 6.07) is 67.4. The van der Waals surface area contributed by atoms with Crippen molar-refractivity contribution >= 4 is 55.4 Å². The average molecular weight is 697 g/mol. The molecule has 252 valence electrons. The van der Waals surface area contributed by atoms with Crippen LogP contribution in [0.3, 0.4) is 0 Å². The highest BCUT2D eigenvalue weighted by atomic mass is 31.2. The van der Waals surface area contributed by atoms with E-state index in [-0.39, 0.29) is 0 Å². The number of rotatable bonds is 5. The number of hydrogen-bond donors (Lipinski definition) is 0. The van der Waals surface area contributed by atoms with E-state index in [2.05, 4.69) is 141 Å². The molecular weight excluding hydrogens is 660 g/mol. The molecule has 9 aromatic rings. The van der Waals surface area contributed by atoms with E-state index in [0.29, 0.717) is 0 Å². The van der Waals surface area contributed by atoms with Gasteiger partial charge in [0.1, 0.15) is 0 Å². The molecule has 2 heteroatoms. The van der Waals surface area contributed by atoms with Gasteiger partial charge in [0, 0.05) is 15.9 Å². The van der Waals surface area contributed by atoms with Gasteiger partial charge >= 0.3 is 0 Å². The number of benzene rings is 9. The second-order valence-corrected chi connectivity index (χ2v) is 17.3. The fourth-order valence-electron chi connectivity index (χ4n) is 9.02. The standard InChI is InChI=1S/C51H37OP/c1-34-21-25-36(26-22-34)51(37-27-23-35(2)24-28-37)49-31-40(53(52,38-13-5-3-6-14-38)39-15-7-4-8-16-39)29-30-45(49)48-32-46-43-19-11-9-17-41(43)42-18-10-12-20-44(42)47(46)33-50(48)51/h3-33H,1-2H3. The summed E-state index contributed by atoms with van der Waals surface area (Å²) >= 11 is 0. The molecule has 0 N–H and O–H groups in total. The number of aryl methyl sites for hydroxylation is 2. The summed E-state index contributed by atoms with van der Waals surface area (Å²) in [7, 11) is -3.27. The molecule has 53 heavy (non-hydrogen) atoms. The van der Waals surface area contributed by atoms with Crippen molar-refractivity contribution in [2.45, 2.75) is 19.3 Å². The Morgan fingerprint density at radius 2 is 0.774 bits per heavy atom. The maximum Gasteiger partial charge on any atom is 0.171 e. The van der Waals surface area contributed by atoms with E-state index in [1.54, 1.807) is 0 Å². The van der Waals surface area contributed by atoms with Gasteiger partial charge in [-0.15, -0.1) is 0 Å².